The maximum Gasteiger partial charge on any atom is 0.307 e. The summed E-state index contributed by atoms with van der Waals surface area (Å²) in [6, 6.07) is 0. The van der Waals surface area contributed by atoms with Crippen molar-refractivity contribution in [1.29, 1.82) is 0 Å². The summed E-state index contributed by atoms with van der Waals surface area (Å²) in [5, 5.41) is 9.10. The Kier molecular flexibility index (Phi) is 5.80. The lowest BCUT2D eigenvalue weighted by atomic mass is 9.79. The summed E-state index contributed by atoms with van der Waals surface area (Å²) in [6.45, 7) is 6.46. The second kappa shape index (κ2) is 6.18. The molecule has 0 aromatic heterocycles. The molecule has 106 valence electrons. The van der Waals surface area contributed by atoms with Crippen molar-refractivity contribution in [3.05, 3.63) is 0 Å². The van der Waals surface area contributed by atoms with E-state index in [0.29, 0.717) is 17.6 Å². The van der Waals surface area contributed by atoms with Crippen LogP contribution in [0, 0.1) is 11.3 Å². The maximum absolute atomic E-state index is 11.6. The second-order valence-corrected chi connectivity index (χ2v) is 6.70. The Bertz CT molecular complexity index is 299. The zero-order chi connectivity index (χ0) is 14.6. The molecule has 0 fully saturated rings. The summed E-state index contributed by atoms with van der Waals surface area (Å²) >= 11 is 0. The smallest absolute Gasteiger partial charge is 0.307 e. The number of ether oxygens (including phenoxy) is 1. The molecule has 5 nitrogen and oxygen atoms in total. The number of hydrogen-bond donors (Lipinski definition) is 1. The SMILES string of the molecule is CC(C)(C)C(CC(=O)OCC[N+](C)(C)C)C(=O)O. The van der Waals surface area contributed by atoms with Crippen LogP contribution in [0.2, 0.25) is 0 Å². The molecule has 0 saturated heterocycles. The average Bonchev–Trinajstić information content (AvgIpc) is 2.09. The van der Waals surface area contributed by atoms with Crippen molar-refractivity contribution < 1.29 is 23.9 Å². The van der Waals surface area contributed by atoms with E-state index < -0.39 is 23.3 Å². The fourth-order valence-electron chi connectivity index (χ4n) is 1.42. The first-order valence-electron chi connectivity index (χ1n) is 6.12. The zero-order valence-corrected chi connectivity index (χ0v) is 12.3. The predicted octanol–water partition coefficient (Wildman–Crippen LogP) is 1.37. The van der Waals surface area contributed by atoms with E-state index in [9.17, 15) is 9.59 Å². The minimum Gasteiger partial charge on any atom is -0.481 e. The molecule has 0 heterocycles. The number of carboxylic acids is 1. The highest BCUT2D eigenvalue weighted by molar-refractivity contribution is 5.79. The first-order chi connectivity index (χ1) is 7.93. The Morgan fingerprint density at radius 2 is 1.72 bits per heavy atom. The highest BCUT2D eigenvalue weighted by atomic mass is 16.5. The minimum atomic E-state index is -0.953. The molecule has 0 radical (unpaired) electrons. The Balaban J connectivity index is 4.25. The lowest BCUT2D eigenvalue weighted by Gasteiger charge is -2.27. The molecule has 0 aromatic rings. The fourth-order valence-corrected chi connectivity index (χ4v) is 1.42. The first-order valence-corrected chi connectivity index (χ1v) is 6.12. The van der Waals surface area contributed by atoms with E-state index in [-0.39, 0.29) is 6.42 Å². The number of carboxylic acid groups (broad SMARTS) is 1. The molecule has 18 heavy (non-hydrogen) atoms. The molecular formula is C13H26NO4+. The third kappa shape index (κ3) is 7.27. The van der Waals surface area contributed by atoms with Crippen LogP contribution in [0.4, 0.5) is 0 Å². The Hall–Kier alpha value is -1.10. The van der Waals surface area contributed by atoms with Crippen LogP contribution in [-0.4, -0.2) is 55.8 Å². The van der Waals surface area contributed by atoms with Crippen molar-refractivity contribution in [3.8, 4) is 0 Å². The van der Waals surface area contributed by atoms with Crippen molar-refractivity contribution in [1.82, 2.24) is 0 Å². The molecule has 0 amide bonds. The van der Waals surface area contributed by atoms with Gasteiger partial charge >= 0.3 is 11.9 Å². The normalized spacial score (nSPS) is 14.1. The summed E-state index contributed by atoms with van der Waals surface area (Å²) in [7, 11) is 6.01. The van der Waals surface area contributed by atoms with E-state index >= 15 is 0 Å². The number of carbonyl (C=O) groups excluding carboxylic acids is 1. The summed E-state index contributed by atoms with van der Waals surface area (Å²) in [5.74, 6) is -2.11. The minimum absolute atomic E-state index is 0.0734. The predicted molar refractivity (Wildman–Crippen MR) is 69.1 cm³/mol. The van der Waals surface area contributed by atoms with Gasteiger partial charge < -0.3 is 14.3 Å². The molecule has 0 spiro atoms. The van der Waals surface area contributed by atoms with Gasteiger partial charge in [-0.2, -0.15) is 0 Å². The third-order valence-corrected chi connectivity index (χ3v) is 2.74. The Morgan fingerprint density at radius 3 is 2.06 bits per heavy atom. The van der Waals surface area contributed by atoms with Gasteiger partial charge in [0, 0.05) is 0 Å². The van der Waals surface area contributed by atoms with Crippen LogP contribution in [0.1, 0.15) is 27.2 Å². The van der Waals surface area contributed by atoms with Crippen LogP contribution in [0.15, 0.2) is 0 Å². The third-order valence-electron chi connectivity index (χ3n) is 2.74. The molecule has 1 atom stereocenters. The zero-order valence-electron chi connectivity index (χ0n) is 12.3. The number of nitrogens with zero attached hydrogens (tertiary/aromatic N) is 1. The van der Waals surface area contributed by atoms with E-state index in [0.717, 1.165) is 0 Å². The topological polar surface area (TPSA) is 63.6 Å². The summed E-state index contributed by atoms with van der Waals surface area (Å²) < 4.78 is 5.78. The largest absolute Gasteiger partial charge is 0.481 e. The van der Waals surface area contributed by atoms with Gasteiger partial charge in [-0.05, 0) is 5.41 Å². The summed E-state index contributed by atoms with van der Waals surface area (Å²) in [4.78, 5) is 22.7. The van der Waals surface area contributed by atoms with Crippen molar-refractivity contribution in [2.45, 2.75) is 27.2 Å². The highest BCUT2D eigenvalue weighted by Crippen LogP contribution is 2.29. The van der Waals surface area contributed by atoms with Gasteiger partial charge in [0.25, 0.3) is 0 Å². The number of hydrogen-bond acceptors (Lipinski definition) is 3. The number of quaternary nitrogens is 1. The lowest BCUT2D eigenvalue weighted by Crippen LogP contribution is -2.38. The molecule has 0 aromatic carbocycles. The number of likely N-dealkylation sites (N-methyl/N-ethyl adjacent to an activating group) is 1. The molecular weight excluding hydrogens is 234 g/mol. The lowest BCUT2D eigenvalue weighted by molar-refractivity contribution is -0.870. The van der Waals surface area contributed by atoms with Crippen LogP contribution in [0.5, 0.6) is 0 Å². The van der Waals surface area contributed by atoms with E-state index in [2.05, 4.69) is 0 Å². The van der Waals surface area contributed by atoms with Crippen LogP contribution in [0.3, 0.4) is 0 Å². The fraction of sp³-hybridized carbons (Fsp3) is 0.846. The number of rotatable bonds is 6. The van der Waals surface area contributed by atoms with Gasteiger partial charge in [0.1, 0.15) is 13.2 Å². The van der Waals surface area contributed by atoms with E-state index in [1.165, 1.54) is 0 Å². The molecule has 0 bridgehead atoms. The van der Waals surface area contributed by atoms with E-state index in [1.54, 1.807) is 0 Å². The van der Waals surface area contributed by atoms with E-state index in [4.69, 9.17) is 9.84 Å². The summed E-state index contributed by atoms with van der Waals surface area (Å²) in [6.07, 6.45) is -0.0734. The molecule has 0 rings (SSSR count). The molecule has 1 N–H and O–H groups in total. The van der Waals surface area contributed by atoms with Crippen molar-refractivity contribution in [3.63, 3.8) is 0 Å². The van der Waals surface area contributed by atoms with Gasteiger partial charge in [-0.15, -0.1) is 0 Å². The van der Waals surface area contributed by atoms with Crippen molar-refractivity contribution >= 4 is 11.9 Å². The van der Waals surface area contributed by atoms with Crippen LogP contribution in [-0.2, 0) is 14.3 Å². The van der Waals surface area contributed by atoms with Gasteiger partial charge in [0.15, 0.2) is 0 Å². The molecule has 0 aliphatic carbocycles. The van der Waals surface area contributed by atoms with Crippen molar-refractivity contribution in [2.75, 3.05) is 34.3 Å². The second-order valence-electron chi connectivity index (χ2n) is 6.70. The van der Waals surface area contributed by atoms with Crippen LogP contribution < -0.4 is 0 Å². The number of aliphatic carboxylic acids is 1. The quantitative estimate of drug-likeness (QED) is 0.579. The molecule has 0 saturated carbocycles. The molecule has 1 unspecified atom stereocenters. The van der Waals surface area contributed by atoms with Gasteiger partial charge in [-0.1, -0.05) is 20.8 Å². The van der Waals surface area contributed by atoms with Crippen LogP contribution in [0.25, 0.3) is 0 Å². The monoisotopic (exact) mass is 260 g/mol. The molecule has 0 aliphatic rings. The summed E-state index contributed by atoms with van der Waals surface area (Å²) in [5.41, 5.74) is -0.453. The standard InChI is InChI=1S/C13H25NO4/c1-13(2,3)10(12(16)17)9-11(15)18-8-7-14(4,5)6/h10H,7-9H2,1-6H3/p+1. The van der Waals surface area contributed by atoms with Crippen LogP contribution >= 0.6 is 0 Å². The first kappa shape index (κ1) is 16.9. The van der Waals surface area contributed by atoms with Crippen molar-refractivity contribution in [2.24, 2.45) is 11.3 Å². The molecule has 5 heteroatoms. The number of carbonyl (C=O) groups is 2. The molecule has 0 aliphatic heterocycles. The van der Waals surface area contributed by atoms with E-state index in [1.807, 2.05) is 41.9 Å². The average molecular weight is 260 g/mol. The Morgan fingerprint density at radius 1 is 1.22 bits per heavy atom. The maximum atomic E-state index is 11.6. The van der Waals surface area contributed by atoms with Gasteiger partial charge in [-0.3, -0.25) is 9.59 Å². The Labute approximate surface area is 109 Å². The van der Waals surface area contributed by atoms with Gasteiger partial charge in [0.2, 0.25) is 0 Å². The van der Waals surface area contributed by atoms with Gasteiger partial charge in [-0.25, -0.2) is 0 Å². The number of esters is 1. The van der Waals surface area contributed by atoms with Gasteiger partial charge in [0.05, 0.1) is 33.5 Å². The highest BCUT2D eigenvalue weighted by Gasteiger charge is 2.33.